The Bertz CT molecular complexity index is 599. The molecule has 2 heterocycles. The van der Waals surface area contributed by atoms with Gasteiger partial charge in [0, 0.05) is 32.0 Å². The molecule has 1 aliphatic heterocycles. The maximum Gasteiger partial charge on any atom is 0.225 e. The number of rotatable bonds is 3. The lowest BCUT2D eigenvalue weighted by Crippen LogP contribution is -2.47. The minimum Gasteiger partial charge on any atom is -0.331 e. The minimum absolute atomic E-state index is 0.229. The molecule has 0 amide bonds. The van der Waals surface area contributed by atoms with E-state index in [-0.39, 0.29) is 6.04 Å². The molecule has 21 heavy (non-hydrogen) atoms. The van der Waals surface area contributed by atoms with Crippen molar-refractivity contribution in [3.05, 3.63) is 53.9 Å². The topological polar surface area (TPSA) is 49.3 Å². The fraction of sp³-hybridized carbons (Fsp3) is 0.312. The molecule has 5 nitrogen and oxygen atoms in total. The van der Waals surface area contributed by atoms with Gasteiger partial charge in [0.2, 0.25) is 5.95 Å². The van der Waals surface area contributed by atoms with E-state index in [0.717, 1.165) is 25.9 Å². The third-order valence-corrected chi connectivity index (χ3v) is 3.82. The highest BCUT2D eigenvalue weighted by Gasteiger charge is 2.28. The largest absolute Gasteiger partial charge is 0.331 e. The van der Waals surface area contributed by atoms with Crippen LogP contribution in [0.2, 0.25) is 0 Å². The van der Waals surface area contributed by atoms with Gasteiger partial charge in [-0.25, -0.2) is 9.97 Å². The first-order valence-corrected chi connectivity index (χ1v) is 7.05. The zero-order valence-electron chi connectivity index (χ0n) is 12.0. The van der Waals surface area contributed by atoms with Crippen molar-refractivity contribution in [1.82, 2.24) is 14.9 Å². The van der Waals surface area contributed by atoms with Gasteiger partial charge in [-0.15, -0.1) is 0 Å². The van der Waals surface area contributed by atoms with E-state index in [1.165, 1.54) is 5.56 Å². The van der Waals surface area contributed by atoms with Crippen LogP contribution in [0.4, 0.5) is 5.95 Å². The molecule has 1 saturated heterocycles. The quantitative estimate of drug-likeness (QED) is 0.803. The van der Waals surface area contributed by atoms with Gasteiger partial charge in [-0.2, -0.15) is 0 Å². The molecule has 2 aromatic rings. The number of anilines is 1. The summed E-state index contributed by atoms with van der Waals surface area (Å²) >= 11 is 0. The number of benzene rings is 1. The van der Waals surface area contributed by atoms with Crippen LogP contribution in [0.15, 0.2) is 42.7 Å². The Hall–Kier alpha value is -2.27. The van der Waals surface area contributed by atoms with Gasteiger partial charge >= 0.3 is 0 Å². The van der Waals surface area contributed by atoms with Gasteiger partial charge < -0.3 is 9.80 Å². The number of hydrogen-bond acceptors (Lipinski definition) is 5. The number of piperazine rings is 1. The number of aldehydes is 1. The highest BCUT2D eigenvalue weighted by atomic mass is 16.1. The SMILES string of the molecule is CN1CCN(c2ncc(C=O)cn2)C(c2ccccc2)C1. The van der Waals surface area contributed by atoms with Gasteiger partial charge in [0.05, 0.1) is 11.6 Å². The van der Waals surface area contributed by atoms with Crippen LogP contribution in [0.25, 0.3) is 0 Å². The van der Waals surface area contributed by atoms with Crippen LogP contribution < -0.4 is 4.90 Å². The van der Waals surface area contributed by atoms with Gasteiger partial charge in [0.25, 0.3) is 0 Å². The number of hydrogen-bond donors (Lipinski definition) is 0. The predicted octanol–water partition coefficient (Wildman–Crippen LogP) is 1.78. The summed E-state index contributed by atoms with van der Waals surface area (Å²) in [7, 11) is 2.13. The molecule has 1 fully saturated rings. The highest BCUT2D eigenvalue weighted by Crippen LogP contribution is 2.27. The summed E-state index contributed by atoms with van der Waals surface area (Å²) in [5, 5.41) is 0. The van der Waals surface area contributed by atoms with Crippen molar-refractivity contribution in [1.29, 1.82) is 0 Å². The van der Waals surface area contributed by atoms with Crippen LogP contribution in [-0.4, -0.2) is 47.8 Å². The normalized spacial score (nSPS) is 19.5. The molecule has 5 heteroatoms. The second-order valence-electron chi connectivity index (χ2n) is 5.32. The van der Waals surface area contributed by atoms with Gasteiger partial charge in [-0.1, -0.05) is 30.3 Å². The molecule has 1 aromatic heterocycles. The fourth-order valence-electron chi connectivity index (χ4n) is 2.66. The van der Waals surface area contributed by atoms with Crippen LogP contribution in [0, 0.1) is 0 Å². The molecule has 0 saturated carbocycles. The van der Waals surface area contributed by atoms with Gasteiger partial charge in [-0.3, -0.25) is 4.79 Å². The molecule has 3 rings (SSSR count). The summed E-state index contributed by atoms with van der Waals surface area (Å²) < 4.78 is 0. The lowest BCUT2D eigenvalue weighted by molar-refractivity contribution is 0.112. The van der Waals surface area contributed by atoms with Crippen molar-refractivity contribution in [3.8, 4) is 0 Å². The summed E-state index contributed by atoms with van der Waals surface area (Å²) in [6, 6.07) is 10.6. The third-order valence-electron chi connectivity index (χ3n) is 3.82. The van der Waals surface area contributed by atoms with Crippen molar-refractivity contribution in [2.45, 2.75) is 6.04 Å². The number of carbonyl (C=O) groups is 1. The Morgan fingerprint density at radius 2 is 1.86 bits per heavy atom. The van der Waals surface area contributed by atoms with E-state index in [1.54, 1.807) is 12.4 Å². The summed E-state index contributed by atoms with van der Waals surface area (Å²) in [5.41, 5.74) is 1.76. The van der Waals surface area contributed by atoms with Crippen LogP contribution in [0.1, 0.15) is 22.0 Å². The van der Waals surface area contributed by atoms with Gasteiger partial charge in [0.1, 0.15) is 0 Å². The summed E-state index contributed by atoms with van der Waals surface area (Å²) in [6.45, 7) is 2.78. The number of carbonyl (C=O) groups excluding carboxylic acids is 1. The van der Waals surface area contributed by atoms with Crippen LogP contribution in [0.3, 0.4) is 0 Å². The standard InChI is InChI=1S/C16H18N4O/c1-19-7-8-20(16-17-9-13(12-21)10-18-16)15(11-19)14-5-3-2-4-6-14/h2-6,9-10,12,15H,7-8,11H2,1H3. The Morgan fingerprint density at radius 1 is 1.14 bits per heavy atom. The van der Waals surface area contributed by atoms with Crippen LogP contribution in [0.5, 0.6) is 0 Å². The van der Waals surface area contributed by atoms with Crippen LogP contribution >= 0.6 is 0 Å². The molecule has 1 aliphatic rings. The molecule has 1 atom stereocenters. The Balaban J connectivity index is 1.91. The minimum atomic E-state index is 0.229. The third kappa shape index (κ3) is 2.92. The van der Waals surface area contributed by atoms with Crippen molar-refractivity contribution < 1.29 is 4.79 Å². The molecule has 0 spiro atoms. The van der Waals surface area contributed by atoms with Gasteiger partial charge in [0.15, 0.2) is 6.29 Å². The van der Waals surface area contributed by atoms with Crippen molar-refractivity contribution >= 4 is 12.2 Å². The summed E-state index contributed by atoms with van der Waals surface area (Å²) in [6.07, 6.45) is 3.92. The zero-order valence-corrected chi connectivity index (χ0v) is 12.0. The second kappa shape index (κ2) is 6.01. The molecule has 0 aliphatic carbocycles. The van der Waals surface area contributed by atoms with E-state index in [0.29, 0.717) is 11.5 Å². The zero-order chi connectivity index (χ0) is 14.7. The Kier molecular flexibility index (Phi) is 3.92. The Labute approximate surface area is 124 Å². The molecule has 0 radical (unpaired) electrons. The second-order valence-corrected chi connectivity index (χ2v) is 5.32. The molecular formula is C16H18N4O. The lowest BCUT2D eigenvalue weighted by Gasteiger charge is -2.40. The maximum absolute atomic E-state index is 10.7. The Morgan fingerprint density at radius 3 is 2.52 bits per heavy atom. The average Bonchev–Trinajstić information content (AvgIpc) is 2.56. The fourth-order valence-corrected chi connectivity index (χ4v) is 2.66. The molecule has 108 valence electrons. The molecule has 0 bridgehead atoms. The number of aromatic nitrogens is 2. The lowest BCUT2D eigenvalue weighted by atomic mass is 10.0. The first-order valence-electron chi connectivity index (χ1n) is 7.05. The molecular weight excluding hydrogens is 264 g/mol. The van der Waals surface area contributed by atoms with E-state index < -0.39 is 0 Å². The highest BCUT2D eigenvalue weighted by molar-refractivity contribution is 5.73. The van der Waals surface area contributed by atoms with E-state index >= 15 is 0 Å². The van der Waals surface area contributed by atoms with Crippen molar-refractivity contribution in [2.24, 2.45) is 0 Å². The molecule has 1 aromatic carbocycles. The van der Waals surface area contributed by atoms with Crippen molar-refractivity contribution in [2.75, 3.05) is 31.6 Å². The summed E-state index contributed by atoms with van der Waals surface area (Å²) in [4.78, 5) is 23.9. The predicted molar refractivity (Wildman–Crippen MR) is 81.4 cm³/mol. The van der Waals surface area contributed by atoms with Crippen LogP contribution in [-0.2, 0) is 0 Å². The van der Waals surface area contributed by atoms with E-state index in [1.807, 2.05) is 6.07 Å². The summed E-state index contributed by atoms with van der Waals surface area (Å²) in [5.74, 6) is 0.683. The van der Waals surface area contributed by atoms with E-state index in [2.05, 4.69) is 51.1 Å². The van der Waals surface area contributed by atoms with E-state index in [4.69, 9.17) is 0 Å². The molecule has 0 N–H and O–H groups in total. The van der Waals surface area contributed by atoms with E-state index in [9.17, 15) is 4.79 Å². The first-order chi connectivity index (χ1) is 10.3. The smallest absolute Gasteiger partial charge is 0.225 e. The average molecular weight is 282 g/mol. The maximum atomic E-state index is 10.7. The van der Waals surface area contributed by atoms with Gasteiger partial charge in [-0.05, 0) is 12.6 Å². The molecule has 1 unspecified atom stereocenters. The monoisotopic (exact) mass is 282 g/mol. The first kappa shape index (κ1) is 13.7. The number of likely N-dealkylation sites (N-methyl/N-ethyl adjacent to an activating group) is 1. The van der Waals surface area contributed by atoms with Crippen molar-refractivity contribution in [3.63, 3.8) is 0 Å². The number of nitrogens with zero attached hydrogens (tertiary/aromatic N) is 4.